The smallest absolute Gasteiger partial charge is 0.224 e. The third kappa shape index (κ3) is 5.02. The molecule has 5 heteroatoms. The summed E-state index contributed by atoms with van der Waals surface area (Å²) < 4.78 is 0. The van der Waals surface area contributed by atoms with Gasteiger partial charge in [0.15, 0.2) is 0 Å². The van der Waals surface area contributed by atoms with Crippen LogP contribution in [0.5, 0.6) is 0 Å². The van der Waals surface area contributed by atoms with Crippen LogP contribution in [0.2, 0.25) is 0 Å². The van der Waals surface area contributed by atoms with Crippen molar-refractivity contribution in [2.24, 2.45) is 0 Å². The highest BCUT2D eigenvalue weighted by Crippen LogP contribution is 2.26. The van der Waals surface area contributed by atoms with Crippen molar-refractivity contribution < 1.29 is 9.90 Å². The van der Waals surface area contributed by atoms with Crippen molar-refractivity contribution in [3.8, 4) is 0 Å². The van der Waals surface area contributed by atoms with Crippen LogP contribution in [-0.4, -0.2) is 41.7 Å². The van der Waals surface area contributed by atoms with Crippen LogP contribution in [0.15, 0.2) is 18.2 Å². The summed E-state index contributed by atoms with van der Waals surface area (Å²) in [5.41, 5.74) is 8.20. The van der Waals surface area contributed by atoms with E-state index in [1.54, 1.807) is 6.07 Å². The molecule has 1 amide bonds. The quantitative estimate of drug-likeness (QED) is 0.638. The van der Waals surface area contributed by atoms with E-state index in [1.807, 2.05) is 19.1 Å². The minimum Gasteiger partial charge on any atom is -0.399 e. The average molecular weight is 291 g/mol. The van der Waals surface area contributed by atoms with Crippen molar-refractivity contribution in [1.29, 1.82) is 0 Å². The summed E-state index contributed by atoms with van der Waals surface area (Å²) in [5, 5.41) is 12.0. The second-order valence-electron chi connectivity index (χ2n) is 5.72. The number of carbonyl (C=O) groups is 1. The number of nitrogens with zero attached hydrogens (tertiary/aromatic N) is 1. The van der Waals surface area contributed by atoms with Crippen LogP contribution in [0.1, 0.15) is 31.2 Å². The fourth-order valence-corrected chi connectivity index (χ4v) is 2.53. The summed E-state index contributed by atoms with van der Waals surface area (Å²) in [5.74, 6) is 0.0302. The lowest BCUT2D eigenvalue weighted by Gasteiger charge is -2.20. The first-order chi connectivity index (χ1) is 10.1. The molecule has 4 N–H and O–H groups in total. The first-order valence-corrected chi connectivity index (χ1v) is 7.61. The van der Waals surface area contributed by atoms with Gasteiger partial charge in [-0.3, -0.25) is 9.69 Å². The summed E-state index contributed by atoms with van der Waals surface area (Å²) in [6.45, 7) is 3.71. The minimum absolute atomic E-state index is 0.0302. The topological polar surface area (TPSA) is 78.6 Å². The molecule has 0 heterocycles. The summed E-state index contributed by atoms with van der Waals surface area (Å²) in [7, 11) is 0. The van der Waals surface area contributed by atoms with Crippen LogP contribution in [-0.2, 0) is 4.79 Å². The number of nitrogen functional groups attached to an aromatic ring is 1. The maximum atomic E-state index is 12.0. The fraction of sp³-hybridized carbons (Fsp3) is 0.562. The van der Waals surface area contributed by atoms with E-state index in [-0.39, 0.29) is 12.5 Å². The molecule has 0 radical (unpaired) electrons. The monoisotopic (exact) mass is 291 g/mol. The number of rotatable bonds is 8. The predicted octanol–water partition coefficient (Wildman–Crippen LogP) is 1.75. The molecule has 2 rings (SSSR count). The van der Waals surface area contributed by atoms with E-state index in [0.717, 1.165) is 24.2 Å². The lowest BCUT2D eigenvalue weighted by Crippen LogP contribution is -2.30. The van der Waals surface area contributed by atoms with Crippen LogP contribution in [0.4, 0.5) is 11.4 Å². The van der Waals surface area contributed by atoms with Crippen LogP contribution < -0.4 is 11.1 Å². The van der Waals surface area contributed by atoms with Gasteiger partial charge in [-0.2, -0.15) is 0 Å². The molecule has 5 nitrogen and oxygen atoms in total. The van der Waals surface area contributed by atoms with Gasteiger partial charge in [0, 0.05) is 30.4 Å². The number of benzene rings is 1. The number of anilines is 2. The normalized spacial score (nSPS) is 14.4. The van der Waals surface area contributed by atoms with Gasteiger partial charge >= 0.3 is 0 Å². The van der Waals surface area contributed by atoms with Gasteiger partial charge in [-0.15, -0.1) is 0 Å². The van der Waals surface area contributed by atoms with Crippen molar-refractivity contribution >= 4 is 17.3 Å². The van der Waals surface area contributed by atoms with Crippen molar-refractivity contribution in [3.05, 3.63) is 23.8 Å². The van der Waals surface area contributed by atoms with Gasteiger partial charge in [-0.05, 0) is 56.5 Å². The van der Waals surface area contributed by atoms with Crippen LogP contribution in [0.25, 0.3) is 0 Å². The van der Waals surface area contributed by atoms with Gasteiger partial charge in [0.2, 0.25) is 5.91 Å². The lowest BCUT2D eigenvalue weighted by atomic mass is 10.1. The van der Waals surface area contributed by atoms with E-state index < -0.39 is 0 Å². The number of nitrogens with two attached hydrogens (primary N) is 1. The van der Waals surface area contributed by atoms with E-state index >= 15 is 0 Å². The number of carbonyl (C=O) groups excluding carboxylic acids is 1. The second kappa shape index (κ2) is 7.43. The first-order valence-electron chi connectivity index (χ1n) is 7.61. The lowest BCUT2D eigenvalue weighted by molar-refractivity contribution is -0.116. The Balaban J connectivity index is 1.74. The van der Waals surface area contributed by atoms with Gasteiger partial charge in [-0.25, -0.2) is 0 Å². The molecule has 0 aromatic heterocycles. The molecule has 1 aliphatic carbocycles. The van der Waals surface area contributed by atoms with E-state index in [4.69, 9.17) is 10.8 Å². The largest absolute Gasteiger partial charge is 0.399 e. The summed E-state index contributed by atoms with van der Waals surface area (Å²) >= 11 is 0. The van der Waals surface area contributed by atoms with E-state index in [0.29, 0.717) is 24.7 Å². The summed E-state index contributed by atoms with van der Waals surface area (Å²) in [6, 6.07) is 6.11. The Kier molecular flexibility index (Phi) is 5.59. The molecule has 1 aliphatic rings. The zero-order chi connectivity index (χ0) is 15.2. The predicted molar refractivity (Wildman–Crippen MR) is 85.1 cm³/mol. The molecule has 0 saturated heterocycles. The number of amides is 1. The van der Waals surface area contributed by atoms with Crippen molar-refractivity contribution in [2.45, 2.75) is 38.6 Å². The number of aliphatic hydroxyl groups excluding tert-OH is 1. The van der Waals surface area contributed by atoms with Gasteiger partial charge in [0.25, 0.3) is 0 Å². The number of nitrogens with one attached hydrogen (secondary N) is 1. The Morgan fingerprint density at radius 3 is 2.81 bits per heavy atom. The molecule has 1 aromatic rings. The fourth-order valence-electron chi connectivity index (χ4n) is 2.53. The molecule has 21 heavy (non-hydrogen) atoms. The van der Waals surface area contributed by atoms with E-state index in [1.165, 1.54) is 12.8 Å². The second-order valence-corrected chi connectivity index (χ2v) is 5.72. The van der Waals surface area contributed by atoms with Crippen LogP contribution in [0.3, 0.4) is 0 Å². The van der Waals surface area contributed by atoms with Crippen molar-refractivity contribution in [3.63, 3.8) is 0 Å². The van der Waals surface area contributed by atoms with Gasteiger partial charge in [0.1, 0.15) is 0 Å². The standard InChI is InChI=1S/C16H25N3O2/c1-12-11-13(17)4-7-15(12)18-16(21)3-2-8-19(9-10-20)14-5-6-14/h4,7,11,14,20H,2-3,5-6,8-10,17H2,1H3,(H,18,21). The van der Waals surface area contributed by atoms with Crippen molar-refractivity contribution in [2.75, 3.05) is 30.7 Å². The zero-order valence-corrected chi connectivity index (χ0v) is 12.6. The molecular weight excluding hydrogens is 266 g/mol. The Bertz CT molecular complexity index is 486. The molecule has 0 spiro atoms. The van der Waals surface area contributed by atoms with Crippen molar-refractivity contribution in [1.82, 2.24) is 4.90 Å². The molecule has 0 aliphatic heterocycles. The first kappa shape index (κ1) is 15.8. The Labute approximate surface area is 126 Å². The molecule has 0 atom stereocenters. The molecule has 0 bridgehead atoms. The molecule has 1 fully saturated rings. The molecule has 1 aromatic carbocycles. The number of aliphatic hydroxyl groups is 1. The summed E-state index contributed by atoms with van der Waals surface area (Å²) in [6.07, 6.45) is 3.75. The maximum Gasteiger partial charge on any atom is 0.224 e. The maximum absolute atomic E-state index is 12.0. The zero-order valence-electron chi connectivity index (χ0n) is 12.6. The highest BCUT2D eigenvalue weighted by atomic mass is 16.3. The highest BCUT2D eigenvalue weighted by Gasteiger charge is 2.27. The average Bonchev–Trinajstić information content (AvgIpc) is 3.25. The number of hydrogen-bond acceptors (Lipinski definition) is 4. The number of hydrogen-bond donors (Lipinski definition) is 3. The van der Waals surface area contributed by atoms with Crippen LogP contribution >= 0.6 is 0 Å². The van der Waals surface area contributed by atoms with Gasteiger partial charge in [0.05, 0.1) is 6.61 Å². The summed E-state index contributed by atoms with van der Waals surface area (Å²) in [4.78, 5) is 14.2. The van der Waals surface area contributed by atoms with E-state index in [2.05, 4.69) is 10.2 Å². The van der Waals surface area contributed by atoms with Gasteiger partial charge in [-0.1, -0.05) is 0 Å². The molecule has 116 valence electrons. The third-order valence-corrected chi connectivity index (χ3v) is 3.82. The number of aryl methyl sites for hydroxylation is 1. The van der Waals surface area contributed by atoms with E-state index in [9.17, 15) is 4.79 Å². The third-order valence-electron chi connectivity index (χ3n) is 3.82. The Morgan fingerprint density at radius 1 is 1.43 bits per heavy atom. The minimum atomic E-state index is 0.0302. The highest BCUT2D eigenvalue weighted by molar-refractivity contribution is 5.91. The molecule has 0 unspecified atom stereocenters. The molecular formula is C16H25N3O2. The Hall–Kier alpha value is -1.59. The Morgan fingerprint density at radius 2 is 2.19 bits per heavy atom. The SMILES string of the molecule is Cc1cc(N)ccc1NC(=O)CCCN(CCO)C1CC1. The van der Waals surface area contributed by atoms with Crippen LogP contribution in [0, 0.1) is 6.92 Å². The van der Waals surface area contributed by atoms with Gasteiger partial charge < -0.3 is 16.2 Å². The molecule has 1 saturated carbocycles.